The number of hydrogen-bond donors (Lipinski definition) is 3. The van der Waals surface area contributed by atoms with Crippen molar-refractivity contribution in [2.24, 2.45) is 0 Å². The van der Waals surface area contributed by atoms with Crippen LogP contribution in [0.1, 0.15) is 13.8 Å². The summed E-state index contributed by atoms with van der Waals surface area (Å²) in [5.74, 6) is 0.601. The number of aromatic amines is 1. The Morgan fingerprint density at radius 2 is 1.96 bits per heavy atom. The molecule has 1 amide bonds. The molecule has 7 nitrogen and oxygen atoms in total. The normalized spacial score (nSPS) is 11.7. The van der Waals surface area contributed by atoms with Crippen LogP contribution in [0.25, 0.3) is 21.1 Å². The molecule has 0 bridgehead atoms. The lowest BCUT2D eigenvalue weighted by atomic mass is 10.0. The van der Waals surface area contributed by atoms with Gasteiger partial charge in [-0.1, -0.05) is 11.3 Å². The highest BCUT2D eigenvalue weighted by molar-refractivity contribution is 7.23. The summed E-state index contributed by atoms with van der Waals surface area (Å²) in [6, 6.07) is 11.3. The maximum atomic E-state index is 12.8. The van der Waals surface area contributed by atoms with E-state index in [-0.39, 0.29) is 5.91 Å². The van der Waals surface area contributed by atoms with Gasteiger partial charge in [0.1, 0.15) is 11.3 Å². The number of carbonyl (C=O) groups excluding carboxylic acids is 1. The standard InChI is InChI=1S/C19H19N5O2S/c1-19(2,23-11-4-6-12(26-3)7-5-11)17(25)22-18-21-15-9-8-14-13(10-20-24-14)16(15)27-18/h4-10,23H,1-3H3,(H,20,24)(H,21,22,25). The first-order valence-corrected chi connectivity index (χ1v) is 9.24. The topological polar surface area (TPSA) is 91.9 Å². The van der Waals surface area contributed by atoms with Crippen LogP contribution in [0.5, 0.6) is 5.75 Å². The number of carbonyl (C=O) groups is 1. The number of nitrogens with one attached hydrogen (secondary N) is 3. The van der Waals surface area contributed by atoms with Crippen molar-refractivity contribution in [2.75, 3.05) is 17.7 Å². The maximum absolute atomic E-state index is 12.8. The van der Waals surface area contributed by atoms with Crippen molar-refractivity contribution in [3.05, 3.63) is 42.6 Å². The van der Waals surface area contributed by atoms with Gasteiger partial charge in [-0.15, -0.1) is 0 Å². The summed E-state index contributed by atoms with van der Waals surface area (Å²) < 4.78 is 6.16. The van der Waals surface area contributed by atoms with Crippen molar-refractivity contribution in [1.82, 2.24) is 15.2 Å². The molecule has 2 aromatic heterocycles. The number of H-pyrrole nitrogens is 1. The van der Waals surface area contributed by atoms with Crippen LogP contribution in [0, 0.1) is 0 Å². The van der Waals surface area contributed by atoms with Gasteiger partial charge in [-0.05, 0) is 50.2 Å². The van der Waals surface area contributed by atoms with Crippen LogP contribution in [-0.4, -0.2) is 33.7 Å². The van der Waals surface area contributed by atoms with Gasteiger partial charge in [0.25, 0.3) is 5.91 Å². The Morgan fingerprint density at radius 1 is 1.19 bits per heavy atom. The maximum Gasteiger partial charge on any atom is 0.251 e. The molecule has 0 aliphatic rings. The Morgan fingerprint density at radius 3 is 2.70 bits per heavy atom. The number of fused-ring (bicyclic) bond motifs is 3. The van der Waals surface area contributed by atoms with Crippen LogP contribution in [0.4, 0.5) is 10.8 Å². The molecular weight excluding hydrogens is 362 g/mol. The molecule has 138 valence electrons. The van der Waals surface area contributed by atoms with Crippen molar-refractivity contribution in [2.45, 2.75) is 19.4 Å². The summed E-state index contributed by atoms with van der Waals surface area (Å²) in [5.41, 5.74) is 1.80. The van der Waals surface area contributed by atoms with E-state index < -0.39 is 5.54 Å². The van der Waals surface area contributed by atoms with Gasteiger partial charge in [-0.25, -0.2) is 4.98 Å². The van der Waals surface area contributed by atoms with Crippen molar-refractivity contribution < 1.29 is 9.53 Å². The molecule has 0 unspecified atom stereocenters. The number of rotatable bonds is 5. The third-order valence-electron chi connectivity index (χ3n) is 4.31. The van der Waals surface area contributed by atoms with Crippen molar-refractivity contribution in [3.8, 4) is 5.75 Å². The molecule has 2 aromatic carbocycles. The van der Waals surface area contributed by atoms with Crippen LogP contribution >= 0.6 is 11.3 Å². The van der Waals surface area contributed by atoms with Gasteiger partial charge in [0.05, 0.1) is 29.0 Å². The fourth-order valence-electron chi connectivity index (χ4n) is 2.80. The van der Waals surface area contributed by atoms with Gasteiger partial charge in [-0.2, -0.15) is 5.10 Å². The Bertz CT molecular complexity index is 1110. The van der Waals surface area contributed by atoms with Crippen molar-refractivity contribution in [3.63, 3.8) is 0 Å². The second kappa shape index (κ2) is 6.55. The van der Waals surface area contributed by atoms with Gasteiger partial charge < -0.3 is 10.1 Å². The van der Waals surface area contributed by atoms with Crippen LogP contribution in [0.3, 0.4) is 0 Å². The summed E-state index contributed by atoms with van der Waals surface area (Å²) in [6.07, 6.45) is 1.77. The highest BCUT2D eigenvalue weighted by Gasteiger charge is 2.28. The number of benzene rings is 2. The molecule has 0 saturated carbocycles. The quantitative estimate of drug-likeness (QED) is 0.486. The van der Waals surface area contributed by atoms with Gasteiger partial charge in [0, 0.05) is 11.1 Å². The fourth-order valence-corrected chi connectivity index (χ4v) is 3.77. The number of aromatic nitrogens is 3. The Kier molecular flexibility index (Phi) is 4.19. The van der Waals surface area contributed by atoms with E-state index in [1.165, 1.54) is 11.3 Å². The minimum absolute atomic E-state index is 0.166. The summed E-state index contributed by atoms with van der Waals surface area (Å²) >= 11 is 1.44. The first kappa shape index (κ1) is 17.3. The van der Waals surface area contributed by atoms with Crippen molar-refractivity contribution in [1.29, 1.82) is 0 Å². The Labute approximate surface area is 159 Å². The molecule has 0 saturated heterocycles. The summed E-state index contributed by atoms with van der Waals surface area (Å²) in [4.78, 5) is 17.3. The zero-order chi connectivity index (χ0) is 19.0. The molecule has 0 radical (unpaired) electrons. The number of ether oxygens (including phenoxy) is 1. The highest BCUT2D eigenvalue weighted by Crippen LogP contribution is 2.32. The minimum Gasteiger partial charge on any atom is -0.497 e. The fraction of sp³-hybridized carbons (Fsp3) is 0.211. The van der Waals surface area contributed by atoms with E-state index in [2.05, 4.69) is 25.8 Å². The van der Waals surface area contributed by atoms with Crippen LogP contribution in [-0.2, 0) is 4.79 Å². The van der Waals surface area contributed by atoms with Gasteiger partial charge in [0.15, 0.2) is 5.13 Å². The molecule has 2 heterocycles. The van der Waals surface area contributed by atoms with E-state index in [1.807, 2.05) is 50.2 Å². The summed E-state index contributed by atoms with van der Waals surface area (Å²) in [6.45, 7) is 3.66. The van der Waals surface area contributed by atoms with Crippen LogP contribution < -0.4 is 15.4 Å². The van der Waals surface area contributed by atoms with E-state index in [0.29, 0.717) is 5.13 Å². The van der Waals surface area contributed by atoms with E-state index in [0.717, 1.165) is 32.6 Å². The first-order chi connectivity index (χ1) is 13.0. The van der Waals surface area contributed by atoms with Gasteiger partial charge in [0.2, 0.25) is 0 Å². The second-order valence-electron chi connectivity index (χ2n) is 6.70. The van der Waals surface area contributed by atoms with Gasteiger partial charge in [-0.3, -0.25) is 15.2 Å². The number of thiazole rings is 1. The largest absolute Gasteiger partial charge is 0.497 e. The lowest BCUT2D eigenvalue weighted by Gasteiger charge is -2.25. The molecule has 3 N–H and O–H groups in total. The second-order valence-corrected chi connectivity index (χ2v) is 7.70. The molecule has 0 atom stereocenters. The zero-order valence-electron chi connectivity index (χ0n) is 15.2. The molecule has 8 heteroatoms. The summed E-state index contributed by atoms with van der Waals surface area (Å²) in [5, 5.41) is 14.7. The molecule has 0 aliphatic heterocycles. The predicted octanol–water partition coefficient (Wildman–Crippen LogP) is 4.01. The number of amides is 1. The van der Waals surface area contributed by atoms with E-state index in [9.17, 15) is 4.79 Å². The Balaban J connectivity index is 1.53. The molecule has 27 heavy (non-hydrogen) atoms. The predicted molar refractivity (Wildman–Crippen MR) is 109 cm³/mol. The first-order valence-electron chi connectivity index (χ1n) is 8.42. The SMILES string of the molecule is COc1ccc(NC(C)(C)C(=O)Nc2nc3ccc4[nH]ncc4c3s2)cc1. The highest BCUT2D eigenvalue weighted by atomic mass is 32.1. The molecule has 0 fully saturated rings. The van der Waals surface area contributed by atoms with Crippen LogP contribution in [0.2, 0.25) is 0 Å². The average Bonchev–Trinajstić information content (AvgIpc) is 3.27. The summed E-state index contributed by atoms with van der Waals surface area (Å²) in [7, 11) is 1.62. The molecular formula is C19H19N5O2S. The van der Waals surface area contributed by atoms with Gasteiger partial charge >= 0.3 is 0 Å². The Hall–Kier alpha value is -3.13. The van der Waals surface area contributed by atoms with E-state index >= 15 is 0 Å². The average molecular weight is 381 g/mol. The monoisotopic (exact) mass is 381 g/mol. The smallest absolute Gasteiger partial charge is 0.251 e. The lowest BCUT2D eigenvalue weighted by Crippen LogP contribution is -2.44. The minimum atomic E-state index is -0.822. The third kappa shape index (κ3) is 3.31. The molecule has 4 aromatic rings. The third-order valence-corrected chi connectivity index (χ3v) is 5.33. The lowest BCUT2D eigenvalue weighted by molar-refractivity contribution is -0.119. The molecule has 0 aliphatic carbocycles. The van der Waals surface area contributed by atoms with Crippen molar-refractivity contribution >= 4 is 49.2 Å². The van der Waals surface area contributed by atoms with E-state index in [4.69, 9.17) is 4.74 Å². The molecule has 0 spiro atoms. The number of nitrogens with zero attached hydrogens (tertiary/aromatic N) is 2. The number of methoxy groups -OCH3 is 1. The zero-order valence-corrected chi connectivity index (χ0v) is 16.0. The van der Waals surface area contributed by atoms with E-state index in [1.54, 1.807) is 13.3 Å². The van der Waals surface area contributed by atoms with Crippen LogP contribution in [0.15, 0.2) is 42.6 Å². The number of anilines is 2. The molecule has 4 rings (SSSR count). The number of hydrogen-bond acceptors (Lipinski definition) is 6.